The third-order valence-electron chi connectivity index (χ3n) is 1.74. The first-order valence-corrected chi connectivity index (χ1v) is 5.49. The largest absolute Gasteiger partial charge is 0.513 e. The lowest BCUT2D eigenvalue weighted by atomic mass is 10.4. The van der Waals surface area contributed by atoms with Crippen LogP contribution in [0.2, 0.25) is 0 Å². The Balaban J connectivity index is 2.91. The van der Waals surface area contributed by atoms with E-state index in [-0.39, 0.29) is 11.6 Å². The lowest BCUT2D eigenvalue weighted by molar-refractivity contribution is -0.136. The fourth-order valence-corrected chi connectivity index (χ4v) is 1.77. The predicted octanol–water partition coefficient (Wildman–Crippen LogP) is 1.29. The van der Waals surface area contributed by atoms with Gasteiger partial charge in [-0.25, -0.2) is 9.78 Å². The number of carbonyl (C=O) groups is 1. The summed E-state index contributed by atoms with van der Waals surface area (Å²) in [6, 6.07) is 0. The SMILES string of the molecule is COC(=O)C(=CO)N(C)c1nc(CCl)ns1. The molecule has 1 aromatic heterocycles. The molecule has 0 aliphatic heterocycles. The quantitative estimate of drug-likeness (QED) is 0.382. The molecule has 0 aromatic carbocycles. The molecule has 0 spiro atoms. The Morgan fingerprint density at radius 2 is 2.44 bits per heavy atom. The number of halogens is 1. The molecule has 88 valence electrons. The van der Waals surface area contributed by atoms with E-state index in [0.29, 0.717) is 17.2 Å². The average molecular weight is 264 g/mol. The van der Waals surface area contributed by atoms with Crippen molar-refractivity contribution in [3.05, 3.63) is 17.8 Å². The zero-order chi connectivity index (χ0) is 12.1. The molecular weight excluding hydrogens is 254 g/mol. The molecule has 0 fully saturated rings. The van der Waals surface area contributed by atoms with Gasteiger partial charge in [0.15, 0.2) is 11.5 Å². The summed E-state index contributed by atoms with van der Waals surface area (Å²) < 4.78 is 8.45. The lowest BCUT2D eigenvalue weighted by Gasteiger charge is -2.15. The number of methoxy groups -OCH3 is 1. The summed E-state index contributed by atoms with van der Waals surface area (Å²) in [4.78, 5) is 16.7. The maximum Gasteiger partial charge on any atom is 0.357 e. The van der Waals surface area contributed by atoms with Gasteiger partial charge in [-0.2, -0.15) is 4.37 Å². The molecule has 0 aliphatic carbocycles. The molecule has 0 atom stereocenters. The second kappa shape index (κ2) is 5.66. The molecule has 0 saturated carbocycles. The molecule has 0 amide bonds. The highest BCUT2D eigenvalue weighted by atomic mass is 35.5. The van der Waals surface area contributed by atoms with Crippen molar-refractivity contribution < 1.29 is 14.6 Å². The van der Waals surface area contributed by atoms with E-state index in [9.17, 15) is 4.79 Å². The van der Waals surface area contributed by atoms with Gasteiger partial charge in [0.25, 0.3) is 0 Å². The van der Waals surface area contributed by atoms with Crippen LogP contribution < -0.4 is 4.90 Å². The molecule has 1 heterocycles. The van der Waals surface area contributed by atoms with Crippen LogP contribution >= 0.6 is 23.1 Å². The minimum Gasteiger partial charge on any atom is -0.513 e. The topological polar surface area (TPSA) is 75.6 Å². The van der Waals surface area contributed by atoms with Crippen molar-refractivity contribution in [2.75, 3.05) is 19.1 Å². The van der Waals surface area contributed by atoms with Crippen molar-refractivity contribution >= 4 is 34.2 Å². The number of nitrogens with zero attached hydrogens (tertiary/aromatic N) is 3. The average Bonchev–Trinajstić information content (AvgIpc) is 2.78. The molecule has 1 aromatic rings. The minimum atomic E-state index is -0.660. The lowest BCUT2D eigenvalue weighted by Crippen LogP contribution is -2.24. The van der Waals surface area contributed by atoms with Gasteiger partial charge in [-0.1, -0.05) is 0 Å². The summed E-state index contributed by atoms with van der Waals surface area (Å²) in [6.45, 7) is 0. The first-order chi connectivity index (χ1) is 7.63. The van der Waals surface area contributed by atoms with Crippen LogP contribution in [0.15, 0.2) is 12.0 Å². The Labute approximate surface area is 101 Å². The number of aromatic nitrogens is 2. The Morgan fingerprint density at radius 1 is 1.75 bits per heavy atom. The van der Waals surface area contributed by atoms with Crippen LogP contribution in [-0.4, -0.2) is 34.6 Å². The van der Waals surface area contributed by atoms with Crippen LogP contribution in [0.25, 0.3) is 0 Å². The summed E-state index contributed by atoms with van der Waals surface area (Å²) in [7, 11) is 2.79. The Hall–Kier alpha value is -1.34. The number of aliphatic hydroxyl groups is 1. The maximum absolute atomic E-state index is 11.3. The standard InChI is InChI=1S/C8H10ClN3O3S/c1-12(5(4-13)7(14)15-2)8-10-6(3-9)11-16-8/h4,13H,3H2,1-2H3. The van der Waals surface area contributed by atoms with E-state index in [1.165, 1.54) is 12.0 Å². The first kappa shape index (κ1) is 12.7. The number of hydrogen-bond acceptors (Lipinski definition) is 7. The minimum absolute atomic E-state index is 0.0280. The van der Waals surface area contributed by atoms with Gasteiger partial charge in [0.2, 0.25) is 5.13 Å². The zero-order valence-corrected chi connectivity index (χ0v) is 10.2. The Kier molecular flexibility index (Phi) is 4.51. The van der Waals surface area contributed by atoms with Gasteiger partial charge in [-0.3, -0.25) is 0 Å². The van der Waals surface area contributed by atoms with E-state index in [0.717, 1.165) is 11.5 Å². The summed E-state index contributed by atoms with van der Waals surface area (Å²) in [5, 5.41) is 9.39. The number of esters is 1. The van der Waals surface area contributed by atoms with Crippen molar-refractivity contribution in [2.24, 2.45) is 0 Å². The molecule has 0 saturated heterocycles. The van der Waals surface area contributed by atoms with E-state index in [2.05, 4.69) is 14.1 Å². The molecule has 0 bridgehead atoms. The van der Waals surface area contributed by atoms with Gasteiger partial charge >= 0.3 is 5.97 Å². The Morgan fingerprint density at radius 3 is 2.88 bits per heavy atom. The van der Waals surface area contributed by atoms with Crippen LogP contribution in [0.1, 0.15) is 5.82 Å². The number of rotatable bonds is 4. The molecule has 8 heteroatoms. The van der Waals surface area contributed by atoms with E-state index in [4.69, 9.17) is 16.7 Å². The molecular formula is C8H10ClN3O3S. The van der Waals surface area contributed by atoms with Crippen molar-refractivity contribution in [1.29, 1.82) is 0 Å². The van der Waals surface area contributed by atoms with Crippen molar-refractivity contribution in [3.8, 4) is 0 Å². The molecule has 0 aliphatic rings. The third kappa shape index (κ3) is 2.61. The molecule has 1 rings (SSSR count). The number of carbonyl (C=O) groups excluding carboxylic acids is 1. The normalized spacial score (nSPS) is 11.3. The van der Waals surface area contributed by atoms with Crippen molar-refractivity contribution in [2.45, 2.75) is 5.88 Å². The van der Waals surface area contributed by atoms with Crippen molar-refractivity contribution in [1.82, 2.24) is 9.36 Å². The van der Waals surface area contributed by atoms with Crippen LogP contribution in [0, 0.1) is 0 Å². The number of likely N-dealkylation sites (N-methyl/N-ethyl adjacent to an activating group) is 1. The fraction of sp³-hybridized carbons (Fsp3) is 0.375. The molecule has 0 radical (unpaired) electrons. The van der Waals surface area contributed by atoms with E-state index in [1.54, 1.807) is 7.05 Å². The number of hydrogen-bond donors (Lipinski definition) is 1. The highest BCUT2D eigenvalue weighted by Crippen LogP contribution is 2.20. The van der Waals surface area contributed by atoms with Crippen LogP contribution in [0.4, 0.5) is 5.13 Å². The first-order valence-electron chi connectivity index (χ1n) is 4.19. The van der Waals surface area contributed by atoms with E-state index in [1.807, 2.05) is 0 Å². The highest BCUT2D eigenvalue weighted by Gasteiger charge is 2.19. The molecule has 16 heavy (non-hydrogen) atoms. The van der Waals surface area contributed by atoms with Crippen LogP contribution in [-0.2, 0) is 15.4 Å². The number of anilines is 1. The molecule has 0 unspecified atom stereocenters. The van der Waals surface area contributed by atoms with Gasteiger partial charge in [0, 0.05) is 18.6 Å². The number of alkyl halides is 1. The third-order valence-corrected chi connectivity index (χ3v) is 2.81. The molecule has 1 N–H and O–H groups in total. The van der Waals surface area contributed by atoms with Crippen LogP contribution in [0.3, 0.4) is 0 Å². The second-order valence-corrected chi connectivity index (χ2v) is 3.69. The number of ether oxygens (including phenoxy) is 1. The summed E-state index contributed by atoms with van der Waals surface area (Å²) in [5.41, 5.74) is -0.0280. The van der Waals surface area contributed by atoms with Gasteiger partial charge in [-0.05, 0) is 0 Å². The number of aliphatic hydroxyl groups excluding tert-OH is 1. The Bertz CT molecular complexity index is 407. The van der Waals surface area contributed by atoms with Gasteiger partial charge < -0.3 is 14.7 Å². The second-order valence-electron chi connectivity index (χ2n) is 2.69. The summed E-state index contributed by atoms with van der Waals surface area (Å²) in [6.07, 6.45) is 0.660. The van der Waals surface area contributed by atoms with E-state index >= 15 is 0 Å². The van der Waals surface area contributed by atoms with Crippen LogP contribution in [0.5, 0.6) is 0 Å². The smallest absolute Gasteiger partial charge is 0.357 e. The highest BCUT2D eigenvalue weighted by molar-refractivity contribution is 7.09. The summed E-state index contributed by atoms with van der Waals surface area (Å²) >= 11 is 6.63. The summed E-state index contributed by atoms with van der Waals surface area (Å²) in [5.74, 6) is 0.00378. The van der Waals surface area contributed by atoms with Gasteiger partial charge in [-0.15, -0.1) is 11.6 Å². The predicted molar refractivity (Wildman–Crippen MR) is 60.6 cm³/mol. The molecule has 6 nitrogen and oxygen atoms in total. The van der Waals surface area contributed by atoms with E-state index < -0.39 is 5.97 Å². The van der Waals surface area contributed by atoms with Gasteiger partial charge in [0.05, 0.1) is 13.0 Å². The monoisotopic (exact) mass is 263 g/mol. The maximum atomic E-state index is 11.3. The van der Waals surface area contributed by atoms with Gasteiger partial charge in [0.1, 0.15) is 6.26 Å². The van der Waals surface area contributed by atoms with Crippen molar-refractivity contribution in [3.63, 3.8) is 0 Å². The fourth-order valence-electron chi connectivity index (χ4n) is 0.919. The zero-order valence-electron chi connectivity index (χ0n) is 8.68.